The molecule has 1 N–H and O–H groups in total. The van der Waals surface area contributed by atoms with Crippen LogP contribution < -0.4 is 5.32 Å². The van der Waals surface area contributed by atoms with Crippen molar-refractivity contribution in [1.82, 2.24) is 10.2 Å². The molecule has 0 radical (unpaired) electrons. The minimum Gasteiger partial charge on any atom is -0.298 e. The van der Waals surface area contributed by atoms with Gasteiger partial charge < -0.3 is 0 Å². The molecule has 0 aromatic rings. The van der Waals surface area contributed by atoms with Crippen molar-refractivity contribution in [3.05, 3.63) is 0 Å². The first-order valence-electron chi connectivity index (χ1n) is 6.24. The lowest BCUT2D eigenvalue weighted by atomic mass is 9.94. The fourth-order valence-corrected chi connectivity index (χ4v) is 2.21. The zero-order valence-electron chi connectivity index (χ0n) is 10.8. The Hall–Kier alpha value is -0.800. The standard InChI is InChI=1S/C12H20F3N3/c1-3-6-17-11(7-16,10-4-5-10)8-18(2)9-12(13,14)15/h10,17H,3-6,8-9H2,1-2H3. The summed E-state index contributed by atoms with van der Waals surface area (Å²) in [5, 5.41) is 12.5. The lowest BCUT2D eigenvalue weighted by Gasteiger charge is -2.32. The SMILES string of the molecule is CCCNC(C#N)(CN(C)CC(F)(F)F)C1CC1. The normalized spacial score (nSPS) is 19.6. The molecule has 1 atom stereocenters. The van der Waals surface area contributed by atoms with Crippen molar-refractivity contribution in [3.8, 4) is 6.07 Å². The van der Waals surface area contributed by atoms with Crippen molar-refractivity contribution < 1.29 is 13.2 Å². The monoisotopic (exact) mass is 263 g/mol. The highest BCUT2D eigenvalue weighted by Gasteiger charge is 2.46. The highest BCUT2D eigenvalue weighted by Crippen LogP contribution is 2.40. The Kier molecular flexibility index (Phi) is 5.00. The van der Waals surface area contributed by atoms with Gasteiger partial charge in [0, 0.05) is 6.54 Å². The summed E-state index contributed by atoms with van der Waals surface area (Å²) in [6.07, 6.45) is -1.52. The second kappa shape index (κ2) is 5.89. The first-order valence-corrected chi connectivity index (χ1v) is 6.24. The summed E-state index contributed by atoms with van der Waals surface area (Å²) >= 11 is 0. The number of hydrogen-bond donors (Lipinski definition) is 1. The van der Waals surface area contributed by atoms with Crippen molar-refractivity contribution in [2.45, 2.75) is 37.9 Å². The highest BCUT2D eigenvalue weighted by molar-refractivity contribution is 5.16. The first-order chi connectivity index (χ1) is 8.33. The number of nitrogens with zero attached hydrogens (tertiary/aromatic N) is 2. The molecule has 1 aliphatic rings. The van der Waals surface area contributed by atoms with Crippen molar-refractivity contribution in [1.29, 1.82) is 5.26 Å². The maximum Gasteiger partial charge on any atom is 0.401 e. The second-order valence-electron chi connectivity index (χ2n) is 5.07. The molecule has 0 amide bonds. The number of nitriles is 1. The molecule has 1 saturated carbocycles. The molecule has 1 aliphatic carbocycles. The molecule has 1 rings (SSSR count). The van der Waals surface area contributed by atoms with Gasteiger partial charge in [-0.05, 0) is 38.8 Å². The fourth-order valence-electron chi connectivity index (χ4n) is 2.21. The Morgan fingerprint density at radius 2 is 1.94 bits per heavy atom. The third kappa shape index (κ3) is 4.46. The fraction of sp³-hybridized carbons (Fsp3) is 0.917. The van der Waals surface area contributed by atoms with Crippen LogP contribution >= 0.6 is 0 Å². The Labute approximate surface area is 106 Å². The molecule has 3 nitrogen and oxygen atoms in total. The molecule has 0 bridgehead atoms. The molecule has 0 spiro atoms. The summed E-state index contributed by atoms with van der Waals surface area (Å²) < 4.78 is 36.9. The lowest BCUT2D eigenvalue weighted by Crippen LogP contribution is -2.55. The summed E-state index contributed by atoms with van der Waals surface area (Å²) in [7, 11) is 1.41. The minimum absolute atomic E-state index is 0.119. The van der Waals surface area contributed by atoms with E-state index >= 15 is 0 Å². The van der Waals surface area contributed by atoms with Gasteiger partial charge >= 0.3 is 6.18 Å². The van der Waals surface area contributed by atoms with E-state index in [-0.39, 0.29) is 12.5 Å². The molecule has 0 saturated heterocycles. The van der Waals surface area contributed by atoms with Gasteiger partial charge in [-0.25, -0.2) is 0 Å². The predicted molar refractivity (Wildman–Crippen MR) is 62.9 cm³/mol. The second-order valence-corrected chi connectivity index (χ2v) is 5.07. The Morgan fingerprint density at radius 3 is 2.33 bits per heavy atom. The highest BCUT2D eigenvalue weighted by atomic mass is 19.4. The average molecular weight is 263 g/mol. The van der Waals surface area contributed by atoms with Crippen LogP contribution in [0.2, 0.25) is 0 Å². The number of rotatable bonds is 7. The minimum atomic E-state index is -4.22. The number of nitrogens with one attached hydrogen (secondary N) is 1. The third-order valence-corrected chi connectivity index (χ3v) is 3.13. The molecule has 0 aromatic heterocycles. The summed E-state index contributed by atoms with van der Waals surface area (Å²) in [4.78, 5) is 1.18. The largest absolute Gasteiger partial charge is 0.401 e. The van der Waals surface area contributed by atoms with Gasteiger partial charge in [0.15, 0.2) is 0 Å². The summed E-state index contributed by atoms with van der Waals surface area (Å²) in [5.41, 5.74) is -0.823. The van der Waals surface area contributed by atoms with E-state index in [0.717, 1.165) is 19.3 Å². The number of likely N-dealkylation sites (N-methyl/N-ethyl adjacent to an activating group) is 1. The predicted octanol–water partition coefficient (Wildman–Crippen LogP) is 2.15. The van der Waals surface area contributed by atoms with Crippen molar-refractivity contribution in [2.75, 3.05) is 26.7 Å². The van der Waals surface area contributed by atoms with E-state index in [1.54, 1.807) is 0 Å². The zero-order chi connectivity index (χ0) is 13.8. The van der Waals surface area contributed by atoms with Crippen LogP contribution in [0.5, 0.6) is 0 Å². The van der Waals surface area contributed by atoms with E-state index in [1.165, 1.54) is 11.9 Å². The lowest BCUT2D eigenvalue weighted by molar-refractivity contribution is -0.144. The molecular weight excluding hydrogens is 243 g/mol. The smallest absolute Gasteiger partial charge is 0.298 e. The molecular formula is C12H20F3N3. The zero-order valence-corrected chi connectivity index (χ0v) is 10.8. The van der Waals surface area contributed by atoms with E-state index in [2.05, 4.69) is 11.4 Å². The van der Waals surface area contributed by atoms with Crippen LogP contribution in [0.1, 0.15) is 26.2 Å². The van der Waals surface area contributed by atoms with Crippen LogP contribution in [0.4, 0.5) is 13.2 Å². The van der Waals surface area contributed by atoms with Gasteiger partial charge in [0.1, 0.15) is 5.54 Å². The molecule has 1 fully saturated rings. The van der Waals surface area contributed by atoms with Crippen LogP contribution in [-0.2, 0) is 0 Å². The maximum atomic E-state index is 12.3. The van der Waals surface area contributed by atoms with Gasteiger partial charge in [-0.2, -0.15) is 18.4 Å². The van der Waals surface area contributed by atoms with Gasteiger partial charge in [-0.15, -0.1) is 0 Å². The molecule has 104 valence electrons. The van der Waals surface area contributed by atoms with E-state index < -0.39 is 18.3 Å². The van der Waals surface area contributed by atoms with Gasteiger partial charge in [0.2, 0.25) is 0 Å². The Morgan fingerprint density at radius 1 is 1.33 bits per heavy atom. The molecule has 6 heteroatoms. The average Bonchev–Trinajstić information content (AvgIpc) is 3.05. The van der Waals surface area contributed by atoms with Crippen LogP contribution in [0, 0.1) is 17.2 Å². The number of hydrogen-bond acceptors (Lipinski definition) is 3. The van der Waals surface area contributed by atoms with Crippen LogP contribution in [0.3, 0.4) is 0 Å². The summed E-state index contributed by atoms with van der Waals surface area (Å²) in [5.74, 6) is 0.185. The van der Waals surface area contributed by atoms with Crippen molar-refractivity contribution in [3.63, 3.8) is 0 Å². The molecule has 0 aromatic carbocycles. The summed E-state index contributed by atoms with van der Waals surface area (Å²) in [6, 6.07) is 2.21. The maximum absolute atomic E-state index is 12.3. The van der Waals surface area contributed by atoms with E-state index in [0.29, 0.717) is 6.54 Å². The number of halogens is 3. The van der Waals surface area contributed by atoms with E-state index in [4.69, 9.17) is 0 Å². The van der Waals surface area contributed by atoms with Gasteiger partial charge in [0.05, 0.1) is 12.6 Å². The van der Waals surface area contributed by atoms with Gasteiger partial charge in [0.25, 0.3) is 0 Å². The van der Waals surface area contributed by atoms with E-state index in [1.807, 2.05) is 6.92 Å². The van der Waals surface area contributed by atoms with Crippen LogP contribution in [0.25, 0.3) is 0 Å². The third-order valence-electron chi connectivity index (χ3n) is 3.13. The molecule has 18 heavy (non-hydrogen) atoms. The van der Waals surface area contributed by atoms with E-state index in [9.17, 15) is 18.4 Å². The molecule has 1 unspecified atom stereocenters. The van der Waals surface area contributed by atoms with Gasteiger partial charge in [-0.1, -0.05) is 6.92 Å². The molecule has 0 heterocycles. The quantitative estimate of drug-likeness (QED) is 0.765. The summed E-state index contributed by atoms with van der Waals surface area (Å²) in [6.45, 7) is 1.77. The van der Waals surface area contributed by atoms with Crippen molar-refractivity contribution >= 4 is 0 Å². The topological polar surface area (TPSA) is 39.1 Å². The molecule has 0 aliphatic heterocycles. The van der Waals surface area contributed by atoms with Gasteiger partial charge in [-0.3, -0.25) is 10.2 Å². The number of alkyl halides is 3. The van der Waals surface area contributed by atoms with Crippen LogP contribution in [0.15, 0.2) is 0 Å². The van der Waals surface area contributed by atoms with Crippen LogP contribution in [-0.4, -0.2) is 43.3 Å². The Bertz CT molecular complexity index is 307. The first kappa shape index (κ1) is 15.3. The van der Waals surface area contributed by atoms with Crippen molar-refractivity contribution in [2.24, 2.45) is 5.92 Å². The Balaban J connectivity index is 2.63.